The summed E-state index contributed by atoms with van der Waals surface area (Å²) >= 11 is 0. The molecule has 2 heteroatoms. The van der Waals surface area contributed by atoms with Gasteiger partial charge in [0.25, 0.3) is 0 Å². The maximum absolute atomic E-state index is 5.66. The maximum atomic E-state index is 5.66. The van der Waals surface area contributed by atoms with E-state index in [9.17, 15) is 0 Å². The molecule has 0 unspecified atom stereocenters. The van der Waals surface area contributed by atoms with Gasteiger partial charge in [-0.3, -0.25) is 0 Å². The third-order valence-corrected chi connectivity index (χ3v) is 1.54. The van der Waals surface area contributed by atoms with E-state index in [1.807, 2.05) is 18.2 Å². The van der Waals surface area contributed by atoms with E-state index >= 15 is 0 Å². The normalized spacial score (nSPS) is 9.45. The molecule has 2 nitrogen and oxygen atoms in total. The van der Waals surface area contributed by atoms with Crippen LogP contribution >= 0.6 is 0 Å². The van der Waals surface area contributed by atoms with Gasteiger partial charge >= 0.3 is 0 Å². The van der Waals surface area contributed by atoms with Crippen molar-refractivity contribution in [3.05, 3.63) is 36.5 Å². The zero-order valence-corrected chi connectivity index (χ0v) is 5.83. The molecule has 0 amide bonds. The number of benzene rings is 1. The van der Waals surface area contributed by atoms with Crippen molar-refractivity contribution in [2.75, 3.05) is 5.73 Å². The lowest BCUT2D eigenvalue weighted by Crippen LogP contribution is -1.85. The lowest BCUT2D eigenvalue weighted by atomic mass is 10.2. The fourth-order valence-corrected chi connectivity index (χ4v) is 1.01. The highest BCUT2D eigenvalue weighted by atomic mass is 14.7. The Morgan fingerprint density at radius 2 is 2.27 bits per heavy atom. The number of hydrogen-bond acceptors (Lipinski definition) is 2. The summed E-state index contributed by atoms with van der Waals surface area (Å²) in [4.78, 5) is 4.08. The number of nitrogens with zero attached hydrogens (tertiary/aromatic N) is 1. The number of hydrogen-bond donors (Lipinski definition) is 1. The van der Waals surface area contributed by atoms with E-state index in [0.717, 1.165) is 10.9 Å². The van der Waals surface area contributed by atoms with Crippen molar-refractivity contribution in [1.82, 2.24) is 4.98 Å². The van der Waals surface area contributed by atoms with Gasteiger partial charge in [-0.15, -0.1) is 0 Å². The van der Waals surface area contributed by atoms with E-state index in [1.165, 1.54) is 0 Å². The van der Waals surface area contributed by atoms with Gasteiger partial charge in [-0.1, -0.05) is 12.1 Å². The lowest BCUT2D eigenvalue weighted by Gasteiger charge is -1.94. The topological polar surface area (TPSA) is 38.9 Å². The van der Waals surface area contributed by atoms with Crippen LogP contribution in [-0.4, -0.2) is 4.98 Å². The Bertz CT molecular complexity index is 377. The molecule has 0 atom stereocenters. The number of fused-ring (bicyclic) bond motifs is 1. The van der Waals surface area contributed by atoms with Crippen LogP contribution in [-0.2, 0) is 0 Å². The standard InChI is InChI=1S/C9H6N2/c10-8-4-1-5-9-7(8)3-2-6-11-9/h1,4-6H,10H2. The van der Waals surface area contributed by atoms with E-state index in [1.54, 1.807) is 6.20 Å². The Labute approximate surface area is 64.7 Å². The van der Waals surface area contributed by atoms with Crippen molar-refractivity contribution in [1.29, 1.82) is 0 Å². The zero-order chi connectivity index (χ0) is 7.68. The SMILES string of the molecule is Nc1cccc2ncc#cc12. The van der Waals surface area contributed by atoms with Gasteiger partial charge in [-0.05, 0) is 18.2 Å². The van der Waals surface area contributed by atoms with Gasteiger partial charge in [-0.2, -0.15) is 0 Å². The molecule has 52 valence electrons. The molecule has 2 N–H and O–H groups in total. The minimum absolute atomic E-state index is 0.701. The fraction of sp³-hybridized carbons (Fsp3) is 0. The van der Waals surface area contributed by atoms with Crippen LogP contribution in [0.3, 0.4) is 0 Å². The molecule has 0 radical (unpaired) electrons. The number of rotatable bonds is 0. The molecule has 11 heavy (non-hydrogen) atoms. The minimum atomic E-state index is 0.701. The molecule has 0 aliphatic rings. The average molecular weight is 142 g/mol. The van der Waals surface area contributed by atoms with E-state index in [0.29, 0.717) is 5.69 Å². The summed E-state index contributed by atoms with van der Waals surface area (Å²) < 4.78 is 0. The van der Waals surface area contributed by atoms with E-state index in [2.05, 4.69) is 17.1 Å². The smallest absolute Gasteiger partial charge is 0.0814 e. The molecule has 0 aliphatic heterocycles. The van der Waals surface area contributed by atoms with Crippen molar-refractivity contribution >= 4 is 16.6 Å². The molecule has 0 spiro atoms. The maximum Gasteiger partial charge on any atom is 0.0814 e. The van der Waals surface area contributed by atoms with Crippen molar-refractivity contribution in [3.8, 4) is 0 Å². The molecule has 0 fully saturated rings. The summed E-state index contributed by atoms with van der Waals surface area (Å²) in [6.07, 6.45) is 1.59. The second-order valence-corrected chi connectivity index (χ2v) is 2.27. The van der Waals surface area contributed by atoms with E-state index in [4.69, 9.17) is 5.73 Å². The van der Waals surface area contributed by atoms with Crippen LogP contribution in [0, 0.1) is 12.1 Å². The molecule has 0 aliphatic carbocycles. The minimum Gasteiger partial charge on any atom is -0.398 e. The average Bonchev–Trinajstić information content (AvgIpc) is 2.06. The highest BCUT2D eigenvalue weighted by molar-refractivity contribution is 5.88. The van der Waals surface area contributed by atoms with Crippen molar-refractivity contribution in [2.45, 2.75) is 0 Å². The first-order valence-electron chi connectivity index (χ1n) is 3.30. The van der Waals surface area contributed by atoms with Gasteiger partial charge in [0.2, 0.25) is 0 Å². The van der Waals surface area contributed by atoms with Crippen LogP contribution in [0.4, 0.5) is 5.69 Å². The number of nitrogens with two attached hydrogens (primary N) is 1. The Morgan fingerprint density at radius 1 is 1.36 bits per heavy atom. The number of anilines is 1. The largest absolute Gasteiger partial charge is 0.398 e. The number of nitrogen functional groups attached to an aromatic ring is 1. The second kappa shape index (κ2) is 2.14. The predicted octanol–water partition coefficient (Wildman–Crippen LogP) is 1.42. The van der Waals surface area contributed by atoms with Crippen molar-refractivity contribution in [2.24, 2.45) is 0 Å². The Balaban J connectivity index is 2.91. The van der Waals surface area contributed by atoms with Crippen LogP contribution in [0.15, 0.2) is 24.4 Å². The summed E-state index contributed by atoms with van der Waals surface area (Å²) in [5.74, 6) is 0. The molecular formula is C9H6N2. The first kappa shape index (κ1) is 5.99. The molecule has 0 bridgehead atoms. The van der Waals surface area contributed by atoms with Crippen LogP contribution in [0.2, 0.25) is 0 Å². The molecule has 0 saturated heterocycles. The third kappa shape index (κ3) is 0.870. The highest BCUT2D eigenvalue weighted by Crippen LogP contribution is 2.14. The molecule has 0 saturated carbocycles. The van der Waals surface area contributed by atoms with E-state index < -0.39 is 0 Å². The van der Waals surface area contributed by atoms with Crippen LogP contribution in [0.25, 0.3) is 10.9 Å². The predicted molar refractivity (Wildman–Crippen MR) is 43.8 cm³/mol. The zero-order valence-electron chi connectivity index (χ0n) is 5.83. The molecule has 1 heterocycles. The van der Waals surface area contributed by atoms with Gasteiger partial charge in [0, 0.05) is 5.69 Å². The molecule has 1 aromatic heterocycles. The first-order valence-corrected chi connectivity index (χ1v) is 3.30. The van der Waals surface area contributed by atoms with Crippen LogP contribution in [0.5, 0.6) is 0 Å². The summed E-state index contributed by atoms with van der Waals surface area (Å²) in [6.45, 7) is 0. The second-order valence-electron chi connectivity index (χ2n) is 2.27. The lowest BCUT2D eigenvalue weighted by molar-refractivity contribution is 1.42. The first-order chi connectivity index (χ1) is 5.38. The van der Waals surface area contributed by atoms with Gasteiger partial charge in [0.05, 0.1) is 17.1 Å². The Hall–Kier alpha value is -1.75. The Morgan fingerprint density at radius 3 is 3.09 bits per heavy atom. The molecule has 1 aromatic carbocycles. The van der Waals surface area contributed by atoms with E-state index in [-0.39, 0.29) is 0 Å². The van der Waals surface area contributed by atoms with Crippen molar-refractivity contribution in [3.63, 3.8) is 0 Å². The molecule has 2 aromatic rings. The number of aromatic nitrogens is 1. The highest BCUT2D eigenvalue weighted by Gasteiger charge is 1.93. The van der Waals surface area contributed by atoms with Gasteiger partial charge < -0.3 is 5.73 Å². The van der Waals surface area contributed by atoms with Crippen molar-refractivity contribution < 1.29 is 0 Å². The van der Waals surface area contributed by atoms with Crippen LogP contribution in [0.1, 0.15) is 0 Å². The third-order valence-electron chi connectivity index (χ3n) is 1.54. The summed E-state index contributed by atoms with van der Waals surface area (Å²) in [6, 6.07) is 11.3. The molecule has 2 rings (SSSR count). The van der Waals surface area contributed by atoms with Gasteiger partial charge in [0.1, 0.15) is 0 Å². The Kier molecular flexibility index (Phi) is 1.16. The van der Waals surface area contributed by atoms with Gasteiger partial charge in [-0.25, -0.2) is 4.98 Å². The molecular weight excluding hydrogens is 136 g/mol. The van der Waals surface area contributed by atoms with Gasteiger partial charge in [0.15, 0.2) is 0 Å². The summed E-state index contributed by atoms with van der Waals surface area (Å²) in [5, 5.41) is 0.843. The van der Waals surface area contributed by atoms with Crippen LogP contribution < -0.4 is 5.73 Å². The quantitative estimate of drug-likeness (QED) is 0.565. The monoisotopic (exact) mass is 142 g/mol. The summed E-state index contributed by atoms with van der Waals surface area (Å²) in [7, 11) is 0. The summed E-state index contributed by atoms with van der Waals surface area (Å²) in [5.41, 5.74) is 7.23. The fourth-order valence-electron chi connectivity index (χ4n) is 1.01.